The number of ether oxygens (including phenoxy) is 2. The molecule has 2 aromatic rings. The number of alkyl halides is 3. The largest absolute Gasteiger partial charge is 0.454 e. The number of nitrogens with one attached hydrogen (secondary N) is 1. The van der Waals surface area contributed by atoms with Crippen LogP contribution in [-0.2, 0) is 4.79 Å². The first kappa shape index (κ1) is 23.1. The van der Waals surface area contributed by atoms with Crippen molar-refractivity contribution in [3.63, 3.8) is 0 Å². The maximum Gasteiger partial charge on any atom is 0.446 e. The highest BCUT2D eigenvalue weighted by Gasteiger charge is 2.35. The first-order valence-corrected chi connectivity index (χ1v) is 11.1. The summed E-state index contributed by atoms with van der Waals surface area (Å²) in [5, 5.41) is 2.09. The number of nitrogens with zero attached hydrogens (tertiary/aromatic N) is 1. The van der Waals surface area contributed by atoms with Gasteiger partial charge in [-0.15, -0.1) is 0 Å². The van der Waals surface area contributed by atoms with Crippen LogP contribution in [0.4, 0.5) is 18.0 Å². The Labute approximate surface area is 194 Å². The molecular weight excluding hydrogens is 481 g/mol. The molecule has 12 heteroatoms. The summed E-state index contributed by atoms with van der Waals surface area (Å²) in [6, 6.07) is 10.1. The van der Waals surface area contributed by atoms with Crippen molar-refractivity contribution < 1.29 is 37.0 Å². The lowest BCUT2D eigenvalue weighted by molar-refractivity contribution is -0.122. The molecule has 33 heavy (non-hydrogen) atoms. The standard InChI is InChI=1S/C21H15F3N2O5S2/c22-21(23,24)33-14-4-2-13(3-5-14)18(27)25-7-8-26-19(28)17(32-20(26)29)10-12-1-6-15-16(9-12)31-11-30-15/h1-6,9-10H,7-8,11H2,(H,25,27)/b17-10-. The molecule has 2 heterocycles. The van der Waals surface area contributed by atoms with Gasteiger partial charge in [0, 0.05) is 23.5 Å². The van der Waals surface area contributed by atoms with Gasteiger partial charge < -0.3 is 14.8 Å². The second kappa shape index (κ2) is 9.40. The molecule has 172 valence electrons. The van der Waals surface area contributed by atoms with E-state index < -0.39 is 22.6 Å². The zero-order valence-electron chi connectivity index (χ0n) is 16.7. The minimum absolute atomic E-state index is 0.00672. The Kier molecular flexibility index (Phi) is 6.56. The molecule has 0 bridgehead atoms. The fraction of sp³-hybridized carbons (Fsp3) is 0.190. The van der Waals surface area contributed by atoms with Gasteiger partial charge in [-0.1, -0.05) is 6.07 Å². The van der Waals surface area contributed by atoms with Crippen molar-refractivity contribution in [1.82, 2.24) is 10.2 Å². The monoisotopic (exact) mass is 496 g/mol. The van der Waals surface area contributed by atoms with E-state index in [2.05, 4.69) is 5.32 Å². The van der Waals surface area contributed by atoms with E-state index >= 15 is 0 Å². The number of fused-ring (bicyclic) bond motifs is 1. The average Bonchev–Trinajstić information content (AvgIpc) is 3.32. The van der Waals surface area contributed by atoms with Gasteiger partial charge in [-0.3, -0.25) is 19.3 Å². The minimum Gasteiger partial charge on any atom is -0.454 e. The molecule has 1 N–H and O–H groups in total. The lowest BCUT2D eigenvalue weighted by atomic mass is 10.2. The van der Waals surface area contributed by atoms with Crippen LogP contribution in [0.25, 0.3) is 6.08 Å². The number of carbonyl (C=O) groups is 3. The Morgan fingerprint density at radius 3 is 2.58 bits per heavy atom. The maximum absolute atomic E-state index is 12.6. The summed E-state index contributed by atoms with van der Waals surface area (Å²) < 4.78 is 47.7. The number of thioether (sulfide) groups is 2. The molecule has 1 fully saturated rings. The van der Waals surface area contributed by atoms with Crippen molar-refractivity contribution in [2.24, 2.45) is 0 Å². The van der Waals surface area contributed by atoms with E-state index in [0.29, 0.717) is 17.1 Å². The van der Waals surface area contributed by atoms with Crippen molar-refractivity contribution in [3.05, 3.63) is 58.5 Å². The second-order valence-electron chi connectivity index (χ2n) is 6.77. The number of amides is 3. The van der Waals surface area contributed by atoms with Crippen molar-refractivity contribution >= 4 is 46.7 Å². The molecule has 0 saturated carbocycles. The number of hydrogen-bond donors (Lipinski definition) is 1. The van der Waals surface area contributed by atoms with E-state index in [0.717, 1.165) is 16.7 Å². The Balaban J connectivity index is 1.32. The van der Waals surface area contributed by atoms with Crippen LogP contribution in [-0.4, -0.2) is 47.3 Å². The van der Waals surface area contributed by atoms with Crippen LogP contribution in [0.15, 0.2) is 52.3 Å². The van der Waals surface area contributed by atoms with Gasteiger partial charge in [-0.2, -0.15) is 13.2 Å². The summed E-state index contributed by atoms with van der Waals surface area (Å²) in [5.41, 5.74) is -3.57. The molecule has 3 amide bonds. The number of hydrogen-bond acceptors (Lipinski definition) is 7. The molecule has 2 aliphatic heterocycles. The van der Waals surface area contributed by atoms with Crippen LogP contribution in [0.5, 0.6) is 11.5 Å². The van der Waals surface area contributed by atoms with Gasteiger partial charge >= 0.3 is 5.51 Å². The van der Waals surface area contributed by atoms with E-state index in [4.69, 9.17) is 9.47 Å². The van der Waals surface area contributed by atoms with Crippen LogP contribution in [0.3, 0.4) is 0 Å². The van der Waals surface area contributed by atoms with Gasteiger partial charge in [-0.25, -0.2) is 0 Å². The molecule has 0 aromatic heterocycles. The summed E-state index contributed by atoms with van der Waals surface area (Å²) in [6.45, 7) is 0.0712. The fourth-order valence-electron chi connectivity index (χ4n) is 3.04. The third-order valence-corrected chi connectivity index (χ3v) is 6.19. The Morgan fingerprint density at radius 2 is 1.85 bits per heavy atom. The SMILES string of the molecule is O=C(NCCN1C(=O)S/C(=C\c2ccc3c(c2)OCO3)C1=O)c1ccc(SC(F)(F)F)cc1. The van der Waals surface area contributed by atoms with E-state index in [1.165, 1.54) is 24.3 Å². The third kappa shape index (κ3) is 5.63. The Hall–Kier alpha value is -3.12. The van der Waals surface area contributed by atoms with Crippen LogP contribution < -0.4 is 14.8 Å². The van der Waals surface area contributed by atoms with Crippen LogP contribution >= 0.6 is 23.5 Å². The topological polar surface area (TPSA) is 84.9 Å². The van der Waals surface area contributed by atoms with Crippen LogP contribution in [0.2, 0.25) is 0 Å². The number of rotatable bonds is 6. The lowest BCUT2D eigenvalue weighted by Gasteiger charge is -2.13. The highest BCUT2D eigenvalue weighted by Crippen LogP contribution is 2.37. The third-order valence-electron chi connectivity index (χ3n) is 4.54. The highest BCUT2D eigenvalue weighted by molar-refractivity contribution is 8.18. The summed E-state index contributed by atoms with van der Waals surface area (Å²) >= 11 is 0.519. The highest BCUT2D eigenvalue weighted by atomic mass is 32.2. The molecule has 0 aliphatic carbocycles. The molecule has 0 radical (unpaired) electrons. The van der Waals surface area contributed by atoms with E-state index in [1.54, 1.807) is 24.3 Å². The lowest BCUT2D eigenvalue weighted by Crippen LogP contribution is -2.37. The Morgan fingerprint density at radius 1 is 1.12 bits per heavy atom. The second-order valence-corrected chi connectivity index (χ2v) is 8.91. The molecule has 2 aliphatic rings. The summed E-state index contributed by atoms with van der Waals surface area (Å²) in [7, 11) is 0. The van der Waals surface area contributed by atoms with E-state index in [-0.39, 0.29) is 47.0 Å². The summed E-state index contributed by atoms with van der Waals surface area (Å²) in [5.74, 6) is 0.146. The molecule has 2 aromatic carbocycles. The van der Waals surface area contributed by atoms with E-state index in [9.17, 15) is 27.6 Å². The van der Waals surface area contributed by atoms with Gasteiger partial charge in [0.15, 0.2) is 11.5 Å². The predicted octanol–water partition coefficient (Wildman–Crippen LogP) is 4.49. The molecule has 4 rings (SSSR count). The van der Waals surface area contributed by atoms with Gasteiger partial charge in [0.25, 0.3) is 17.1 Å². The van der Waals surface area contributed by atoms with Crippen molar-refractivity contribution in [3.8, 4) is 11.5 Å². The Bertz CT molecular complexity index is 1140. The van der Waals surface area contributed by atoms with Crippen LogP contribution in [0, 0.1) is 0 Å². The average molecular weight is 496 g/mol. The first-order chi connectivity index (χ1) is 15.7. The van der Waals surface area contributed by atoms with Gasteiger partial charge in [-0.05, 0) is 71.6 Å². The van der Waals surface area contributed by atoms with Crippen molar-refractivity contribution in [2.75, 3.05) is 19.9 Å². The smallest absolute Gasteiger partial charge is 0.446 e. The molecule has 0 unspecified atom stereocenters. The predicted molar refractivity (Wildman–Crippen MR) is 116 cm³/mol. The van der Waals surface area contributed by atoms with Gasteiger partial charge in [0.05, 0.1) is 4.91 Å². The molecule has 1 saturated heterocycles. The molecule has 7 nitrogen and oxygen atoms in total. The number of carbonyl (C=O) groups excluding carboxylic acids is 3. The normalized spacial score (nSPS) is 16.6. The molecular formula is C21H15F3N2O5S2. The number of halogens is 3. The van der Waals surface area contributed by atoms with Crippen molar-refractivity contribution in [2.45, 2.75) is 10.4 Å². The first-order valence-electron chi connectivity index (χ1n) is 9.49. The van der Waals surface area contributed by atoms with Gasteiger partial charge in [0.1, 0.15) is 0 Å². The van der Waals surface area contributed by atoms with Crippen molar-refractivity contribution in [1.29, 1.82) is 0 Å². The molecule has 0 spiro atoms. The maximum atomic E-state index is 12.6. The van der Waals surface area contributed by atoms with Crippen LogP contribution in [0.1, 0.15) is 15.9 Å². The minimum atomic E-state index is -4.41. The quantitative estimate of drug-likeness (QED) is 0.466. The van der Waals surface area contributed by atoms with Gasteiger partial charge in [0.2, 0.25) is 6.79 Å². The zero-order valence-corrected chi connectivity index (χ0v) is 18.3. The fourth-order valence-corrected chi connectivity index (χ4v) is 4.44. The number of imide groups is 1. The number of benzene rings is 2. The van der Waals surface area contributed by atoms with E-state index in [1.807, 2.05) is 0 Å². The summed E-state index contributed by atoms with van der Waals surface area (Å²) in [6.07, 6.45) is 1.58. The zero-order chi connectivity index (χ0) is 23.6. The summed E-state index contributed by atoms with van der Waals surface area (Å²) in [4.78, 5) is 38.3. The molecule has 0 atom stereocenters.